The van der Waals surface area contributed by atoms with Gasteiger partial charge in [-0.2, -0.15) is 0 Å². The number of Topliss-reactive ketones (excluding diaryl/α,β-unsaturated/α-hetero) is 1. The van der Waals surface area contributed by atoms with Crippen molar-refractivity contribution in [1.29, 1.82) is 0 Å². The van der Waals surface area contributed by atoms with Crippen LogP contribution < -0.4 is 0 Å². The van der Waals surface area contributed by atoms with Gasteiger partial charge < -0.3 is 0 Å². The standard InChI is InChI=1S/C16H19BrO/c1-15(2)8-3-9-16(14(15)18)10-13(16)11-4-6-12(17)7-5-11/h4-7,13H,3,8-10H2,1-2H3. The molecule has 2 fully saturated rings. The van der Waals surface area contributed by atoms with E-state index in [1.165, 1.54) is 12.0 Å². The normalized spacial score (nSPS) is 33.7. The van der Waals surface area contributed by atoms with Crippen molar-refractivity contribution < 1.29 is 4.79 Å². The Morgan fingerprint density at radius 1 is 1.17 bits per heavy atom. The van der Waals surface area contributed by atoms with E-state index in [0.717, 1.165) is 23.7 Å². The molecule has 96 valence electrons. The smallest absolute Gasteiger partial charge is 0.145 e. The lowest BCUT2D eigenvalue weighted by atomic mass is 9.68. The highest BCUT2D eigenvalue weighted by Gasteiger charge is 2.63. The van der Waals surface area contributed by atoms with Crippen molar-refractivity contribution >= 4 is 21.7 Å². The summed E-state index contributed by atoms with van der Waals surface area (Å²) in [5, 5.41) is 0. The van der Waals surface area contributed by atoms with Crippen molar-refractivity contribution in [3.05, 3.63) is 34.3 Å². The Morgan fingerprint density at radius 3 is 2.50 bits per heavy atom. The van der Waals surface area contributed by atoms with Gasteiger partial charge in [0.15, 0.2) is 0 Å². The second kappa shape index (κ2) is 3.93. The zero-order valence-corrected chi connectivity index (χ0v) is 12.6. The average Bonchev–Trinajstić information content (AvgIpc) is 3.03. The van der Waals surface area contributed by atoms with Gasteiger partial charge in [-0.15, -0.1) is 0 Å². The fourth-order valence-corrected chi connectivity index (χ4v) is 3.98. The van der Waals surface area contributed by atoms with Crippen LogP contribution in [0.25, 0.3) is 0 Å². The Bertz CT molecular complexity index is 488. The average molecular weight is 307 g/mol. The topological polar surface area (TPSA) is 17.1 Å². The van der Waals surface area contributed by atoms with E-state index in [0.29, 0.717) is 11.7 Å². The van der Waals surface area contributed by atoms with Crippen molar-refractivity contribution in [2.24, 2.45) is 10.8 Å². The summed E-state index contributed by atoms with van der Waals surface area (Å²) in [5.74, 6) is 0.979. The van der Waals surface area contributed by atoms with Gasteiger partial charge in [0.1, 0.15) is 5.78 Å². The summed E-state index contributed by atoms with van der Waals surface area (Å²) in [5.41, 5.74) is 1.21. The molecule has 0 saturated heterocycles. The number of carbonyl (C=O) groups is 1. The molecule has 18 heavy (non-hydrogen) atoms. The van der Waals surface area contributed by atoms with Crippen LogP contribution in [0.5, 0.6) is 0 Å². The highest BCUT2D eigenvalue weighted by atomic mass is 79.9. The van der Waals surface area contributed by atoms with E-state index in [1.807, 2.05) is 0 Å². The third-order valence-corrected chi connectivity index (χ3v) is 5.37. The first-order valence-electron chi connectivity index (χ1n) is 6.76. The van der Waals surface area contributed by atoms with Crippen LogP contribution in [-0.2, 0) is 4.79 Å². The summed E-state index contributed by atoms with van der Waals surface area (Å²) < 4.78 is 1.11. The molecule has 2 unspecified atom stereocenters. The van der Waals surface area contributed by atoms with Crippen molar-refractivity contribution in [2.75, 3.05) is 0 Å². The van der Waals surface area contributed by atoms with Gasteiger partial charge in [0.25, 0.3) is 0 Å². The van der Waals surface area contributed by atoms with Gasteiger partial charge in [-0.05, 0) is 42.9 Å². The van der Waals surface area contributed by atoms with E-state index < -0.39 is 0 Å². The molecule has 1 spiro atoms. The Morgan fingerprint density at radius 2 is 1.83 bits per heavy atom. The largest absolute Gasteiger partial charge is 0.298 e. The highest BCUT2D eigenvalue weighted by molar-refractivity contribution is 9.10. The molecule has 3 rings (SSSR count). The fourth-order valence-electron chi connectivity index (χ4n) is 3.71. The first kappa shape index (κ1) is 12.4. The Labute approximate surface area is 117 Å². The molecule has 1 aromatic rings. The molecule has 0 heterocycles. The molecule has 0 radical (unpaired) electrons. The minimum Gasteiger partial charge on any atom is -0.298 e. The molecule has 2 aliphatic rings. The third kappa shape index (κ3) is 1.77. The maximum atomic E-state index is 12.7. The minimum absolute atomic E-state index is 0.0183. The van der Waals surface area contributed by atoms with Gasteiger partial charge in [0.05, 0.1) is 0 Å². The van der Waals surface area contributed by atoms with Gasteiger partial charge in [-0.25, -0.2) is 0 Å². The Kier molecular flexibility index (Phi) is 2.71. The first-order valence-corrected chi connectivity index (χ1v) is 7.55. The molecule has 0 amide bonds. The molecule has 0 bridgehead atoms. The van der Waals surface area contributed by atoms with E-state index in [9.17, 15) is 4.79 Å². The monoisotopic (exact) mass is 306 g/mol. The SMILES string of the molecule is CC1(C)CCCC2(CC2c2ccc(Br)cc2)C1=O. The summed E-state index contributed by atoms with van der Waals surface area (Å²) in [4.78, 5) is 12.7. The Balaban J connectivity index is 1.87. The number of hydrogen-bond acceptors (Lipinski definition) is 1. The van der Waals surface area contributed by atoms with Crippen molar-refractivity contribution in [3.8, 4) is 0 Å². The van der Waals surface area contributed by atoms with Crippen LogP contribution >= 0.6 is 15.9 Å². The van der Waals surface area contributed by atoms with E-state index in [2.05, 4.69) is 54.0 Å². The molecule has 0 N–H and O–H groups in total. The van der Waals surface area contributed by atoms with Crippen LogP contribution in [-0.4, -0.2) is 5.78 Å². The van der Waals surface area contributed by atoms with Gasteiger partial charge in [0, 0.05) is 15.3 Å². The van der Waals surface area contributed by atoms with Crippen LogP contribution in [0.3, 0.4) is 0 Å². The van der Waals surface area contributed by atoms with Crippen molar-refractivity contribution in [2.45, 2.75) is 45.4 Å². The zero-order valence-electron chi connectivity index (χ0n) is 11.0. The maximum absolute atomic E-state index is 12.7. The molecule has 0 aliphatic heterocycles. The molecule has 2 heteroatoms. The predicted octanol–water partition coefficient (Wildman–Crippen LogP) is 4.70. The second-order valence-electron chi connectivity index (χ2n) is 6.53. The molecule has 2 saturated carbocycles. The van der Waals surface area contributed by atoms with Crippen LogP contribution in [0.1, 0.15) is 51.0 Å². The summed E-state index contributed by atoms with van der Waals surface area (Å²) >= 11 is 3.47. The van der Waals surface area contributed by atoms with Gasteiger partial charge in [-0.1, -0.05) is 48.3 Å². The lowest BCUT2D eigenvalue weighted by Gasteiger charge is -2.34. The molecule has 2 atom stereocenters. The lowest BCUT2D eigenvalue weighted by molar-refractivity contribution is -0.136. The molecular formula is C16H19BrO. The van der Waals surface area contributed by atoms with Crippen LogP contribution in [0.2, 0.25) is 0 Å². The van der Waals surface area contributed by atoms with Crippen molar-refractivity contribution in [1.82, 2.24) is 0 Å². The van der Waals surface area contributed by atoms with Crippen LogP contribution in [0, 0.1) is 10.8 Å². The second-order valence-corrected chi connectivity index (χ2v) is 7.45. The summed E-state index contributed by atoms with van der Waals surface area (Å²) in [6.45, 7) is 4.24. The third-order valence-electron chi connectivity index (χ3n) is 4.84. The fraction of sp³-hybridized carbons (Fsp3) is 0.562. The predicted molar refractivity (Wildman–Crippen MR) is 76.6 cm³/mol. The molecule has 0 aromatic heterocycles. The molecular weight excluding hydrogens is 288 g/mol. The quantitative estimate of drug-likeness (QED) is 0.735. The van der Waals surface area contributed by atoms with E-state index >= 15 is 0 Å². The van der Waals surface area contributed by atoms with E-state index in [1.54, 1.807) is 0 Å². The summed E-state index contributed by atoms with van der Waals surface area (Å²) in [6.07, 6.45) is 4.42. The number of hydrogen-bond donors (Lipinski definition) is 0. The molecule has 2 aliphatic carbocycles. The van der Waals surface area contributed by atoms with Gasteiger partial charge in [-0.3, -0.25) is 4.79 Å². The van der Waals surface area contributed by atoms with Crippen LogP contribution in [0.4, 0.5) is 0 Å². The lowest BCUT2D eigenvalue weighted by Crippen LogP contribution is -2.37. The number of ketones is 1. The van der Waals surface area contributed by atoms with Crippen molar-refractivity contribution in [3.63, 3.8) is 0 Å². The summed E-state index contributed by atoms with van der Waals surface area (Å²) in [6, 6.07) is 8.50. The van der Waals surface area contributed by atoms with E-state index in [-0.39, 0.29) is 10.8 Å². The number of rotatable bonds is 1. The first-order chi connectivity index (χ1) is 8.46. The van der Waals surface area contributed by atoms with Crippen LogP contribution in [0.15, 0.2) is 28.7 Å². The number of carbonyl (C=O) groups excluding carboxylic acids is 1. The summed E-state index contributed by atoms with van der Waals surface area (Å²) in [7, 11) is 0. The Hall–Kier alpha value is -0.630. The minimum atomic E-state index is -0.109. The molecule has 1 nitrogen and oxygen atoms in total. The number of halogens is 1. The maximum Gasteiger partial charge on any atom is 0.145 e. The molecule has 1 aromatic carbocycles. The highest BCUT2D eigenvalue weighted by Crippen LogP contribution is 2.67. The van der Waals surface area contributed by atoms with E-state index in [4.69, 9.17) is 0 Å². The zero-order chi connectivity index (χ0) is 13.0. The van der Waals surface area contributed by atoms with Gasteiger partial charge >= 0.3 is 0 Å². The van der Waals surface area contributed by atoms with Gasteiger partial charge in [0.2, 0.25) is 0 Å². The number of benzene rings is 1.